The van der Waals surface area contributed by atoms with E-state index in [9.17, 15) is 4.79 Å². The van der Waals surface area contributed by atoms with Gasteiger partial charge in [-0.2, -0.15) is 0 Å². The Hall–Kier alpha value is -1.14. The van der Waals surface area contributed by atoms with Crippen molar-refractivity contribution in [3.8, 4) is 0 Å². The number of aromatic nitrogens is 2. The van der Waals surface area contributed by atoms with E-state index in [-0.39, 0.29) is 11.5 Å². The maximum absolute atomic E-state index is 10.6. The van der Waals surface area contributed by atoms with E-state index >= 15 is 0 Å². The molecule has 0 aliphatic heterocycles. The van der Waals surface area contributed by atoms with E-state index in [4.69, 9.17) is 9.53 Å². The molecule has 0 aliphatic carbocycles. The Kier molecular flexibility index (Phi) is 5.75. The molecule has 0 saturated heterocycles. The average molecular weight is 284 g/mol. The van der Waals surface area contributed by atoms with Crippen LogP contribution in [-0.2, 0) is 22.2 Å². The number of carboxylic acid groups (broad SMARTS) is 1. The Balaban J connectivity index is 2.41. The number of carbonyl (C=O) groups is 1. The summed E-state index contributed by atoms with van der Waals surface area (Å²) in [4.78, 5) is 14.8. The van der Waals surface area contributed by atoms with Gasteiger partial charge in [0.2, 0.25) is 0 Å². The lowest BCUT2D eigenvalue weighted by Crippen LogP contribution is -2.27. The van der Waals surface area contributed by atoms with E-state index in [0.29, 0.717) is 13.0 Å². The van der Waals surface area contributed by atoms with Crippen LogP contribution in [-0.4, -0.2) is 36.3 Å². The zero-order valence-corrected chi connectivity index (χ0v) is 13.4. The monoisotopic (exact) mass is 284 g/mol. The molecular formula is C13H24N2O3Si. The number of rotatable bonds is 7. The maximum Gasteiger partial charge on any atom is 0.303 e. The molecular weight excluding hydrogens is 260 g/mol. The quantitative estimate of drug-likeness (QED) is 0.779. The fourth-order valence-electron chi connectivity index (χ4n) is 1.57. The van der Waals surface area contributed by atoms with E-state index < -0.39 is 15.0 Å². The summed E-state index contributed by atoms with van der Waals surface area (Å²) < 4.78 is 7.91. The molecule has 1 atom stereocenters. The molecule has 6 heteroatoms. The highest BCUT2D eigenvalue weighted by Gasteiger charge is 2.22. The lowest BCUT2D eigenvalue weighted by Gasteiger charge is -2.25. The predicted octanol–water partition coefficient (Wildman–Crippen LogP) is 2.07. The number of hydrogen-bond donors (Lipinski definition) is 1. The largest absolute Gasteiger partial charge is 0.481 e. The van der Waals surface area contributed by atoms with E-state index in [1.807, 2.05) is 10.8 Å². The summed E-state index contributed by atoms with van der Waals surface area (Å²) in [6, 6.07) is 0. The minimum absolute atomic E-state index is 0.116. The van der Waals surface area contributed by atoms with Gasteiger partial charge in [-0.1, -0.05) is 20.8 Å². The molecule has 1 heterocycles. The molecule has 1 N–H and O–H groups in total. The summed E-state index contributed by atoms with van der Waals surface area (Å²) in [5.41, 5.74) is 0. The third-order valence-corrected chi connectivity index (χ3v) is 6.46. The summed E-state index contributed by atoms with van der Waals surface area (Å²) in [7, 11) is -1.19. The lowest BCUT2D eigenvalue weighted by molar-refractivity contribution is -0.137. The third-order valence-electron chi connectivity index (χ3n) is 3.28. The molecule has 19 heavy (non-hydrogen) atoms. The van der Waals surface area contributed by atoms with Crippen LogP contribution >= 0.6 is 0 Å². The van der Waals surface area contributed by atoms with Crippen LogP contribution in [0.15, 0.2) is 12.4 Å². The maximum atomic E-state index is 10.6. The third kappa shape index (κ3) is 5.57. The minimum Gasteiger partial charge on any atom is -0.481 e. The van der Waals surface area contributed by atoms with Gasteiger partial charge in [-0.25, -0.2) is 4.98 Å². The Labute approximate surface area is 116 Å². The van der Waals surface area contributed by atoms with Crippen LogP contribution in [0.2, 0.25) is 11.6 Å². The van der Waals surface area contributed by atoms with Crippen LogP contribution in [0.3, 0.4) is 0 Å². The topological polar surface area (TPSA) is 64.4 Å². The predicted molar refractivity (Wildman–Crippen MR) is 76.9 cm³/mol. The summed E-state index contributed by atoms with van der Waals surface area (Å²) in [6.07, 6.45) is 4.17. The first-order chi connectivity index (χ1) is 8.80. The van der Waals surface area contributed by atoms with E-state index in [0.717, 1.165) is 12.4 Å². The summed E-state index contributed by atoms with van der Waals surface area (Å²) in [5.74, 6) is 0.0237. The van der Waals surface area contributed by atoms with Crippen LogP contribution < -0.4 is 0 Å². The van der Waals surface area contributed by atoms with Crippen molar-refractivity contribution in [2.45, 2.75) is 51.7 Å². The van der Waals surface area contributed by atoms with E-state index in [1.165, 1.54) is 0 Å². The normalized spacial score (nSPS) is 13.5. The van der Waals surface area contributed by atoms with Crippen molar-refractivity contribution in [3.63, 3.8) is 0 Å². The van der Waals surface area contributed by atoms with Gasteiger partial charge >= 0.3 is 5.97 Å². The zero-order valence-electron chi connectivity index (χ0n) is 12.2. The summed E-state index contributed by atoms with van der Waals surface area (Å²) in [6.45, 7) is 10.2. The molecule has 0 radical (unpaired) electrons. The van der Waals surface area contributed by atoms with Crippen molar-refractivity contribution in [3.05, 3.63) is 18.2 Å². The molecule has 1 aromatic rings. The fraction of sp³-hybridized carbons (Fsp3) is 0.692. The number of carboxylic acids is 1. The molecule has 108 valence electrons. The van der Waals surface area contributed by atoms with Crippen LogP contribution in [0.5, 0.6) is 0 Å². The van der Waals surface area contributed by atoms with Crippen molar-refractivity contribution in [1.29, 1.82) is 0 Å². The van der Waals surface area contributed by atoms with Crippen LogP contribution in [0, 0.1) is 0 Å². The highest BCUT2D eigenvalue weighted by Crippen LogP contribution is 2.26. The Morgan fingerprint density at radius 3 is 2.79 bits per heavy atom. The molecule has 1 aromatic heterocycles. The van der Waals surface area contributed by atoms with Crippen molar-refractivity contribution >= 4 is 15.0 Å². The minimum atomic E-state index is -1.19. The fourth-order valence-corrected chi connectivity index (χ4v) is 2.53. The standard InChI is InChI=1S/C13H24N2O3Si/c1-13(2,3)19(4)18-10-9-15-8-7-14-11(15)5-6-12(16)17/h7-8,19H,5-6,9-10H2,1-4H3,(H,16,17). The van der Waals surface area contributed by atoms with Gasteiger partial charge in [0.05, 0.1) is 13.0 Å². The van der Waals surface area contributed by atoms with Gasteiger partial charge < -0.3 is 14.1 Å². The molecule has 1 rings (SSSR count). The summed E-state index contributed by atoms with van der Waals surface area (Å²) >= 11 is 0. The molecule has 0 bridgehead atoms. The SMILES string of the molecule is C[SiH](OCCn1ccnc1CCC(=O)O)C(C)(C)C. The first-order valence-electron chi connectivity index (χ1n) is 6.64. The molecule has 1 unspecified atom stereocenters. The first kappa shape index (κ1) is 15.9. The summed E-state index contributed by atoms with van der Waals surface area (Å²) in [5, 5.41) is 8.95. The smallest absolute Gasteiger partial charge is 0.303 e. The number of aryl methyl sites for hydroxylation is 1. The second-order valence-corrected chi connectivity index (χ2v) is 9.16. The number of aliphatic carboxylic acids is 1. The average Bonchev–Trinajstić information content (AvgIpc) is 2.72. The van der Waals surface area contributed by atoms with Gasteiger partial charge in [0.1, 0.15) is 5.82 Å². The number of imidazole rings is 1. The van der Waals surface area contributed by atoms with Crippen LogP contribution in [0.25, 0.3) is 0 Å². The Bertz CT molecular complexity index is 412. The van der Waals surface area contributed by atoms with Crippen molar-refractivity contribution in [2.75, 3.05) is 6.61 Å². The van der Waals surface area contributed by atoms with Gasteiger partial charge in [-0.15, -0.1) is 0 Å². The Morgan fingerprint density at radius 1 is 1.53 bits per heavy atom. The molecule has 0 aliphatic rings. The second kappa shape index (κ2) is 6.86. The zero-order chi connectivity index (χ0) is 14.5. The van der Waals surface area contributed by atoms with Gasteiger partial charge in [0, 0.05) is 25.4 Å². The van der Waals surface area contributed by atoms with Gasteiger partial charge in [-0.05, 0) is 11.6 Å². The lowest BCUT2D eigenvalue weighted by atomic mass is 10.3. The van der Waals surface area contributed by atoms with Crippen LogP contribution in [0.1, 0.15) is 33.0 Å². The van der Waals surface area contributed by atoms with E-state index in [2.05, 4.69) is 32.3 Å². The highest BCUT2D eigenvalue weighted by molar-refractivity contribution is 6.53. The van der Waals surface area contributed by atoms with Gasteiger partial charge in [0.25, 0.3) is 0 Å². The number of hydrogen-bond acceptors (Lipinski definition) is 3. The molecule has 0 aromatic carbocycles. The first-order valence-corrected chi connectivity index (χ1v) is 8.84. The van der Waals surface area contributed by atoms with Gasteiger partial charge in [0.15, 0.2) is 9.04 Å². The van der Waals surface area contributed by atoms with Crippen LogP contribution in [0.4, 0.5) is 0 Å². The van der Waals surface area contributed by atoms with Crippen molar-refractivity contribution in [1.82, 2.24) is 9.55 Å². The molecule has 0 amide bonds. The Morgan fingerprint density at radius 2 is 2.21 bits per heavy atom. The van der Waals surface area contributed by atoms with E-state index in [1.54, 1.807) is 6.20 Å². The molecule has 0 fully saturated rings. The molecule has 0 spiro atoms. The van der Waals surface area contributed by atoms with Crippen molar-refractivity contribution in [2.24, 2.45) is 0 Å². The number of nitrogens with zero attached hydrogens (tertiary/aromatic N) is 2. The van der Waals surface area contributed by atoms with Gasteiger partial charge in [-0.3, -0.25) is 4.79 Å². The molecule has 0 saturated carbocycles. The highest BCUT2D eigenvalue weighted by atomic mass is 28.3. The second-order valence-electron chi connectivity index (χ2n) is 5.81. The van der Waals surface area contributed by atoms with Crippen molar-refractivity contribution < 1.29 is 14.3 Å². The molecule has 5 nitrogen and oxygen atoms in total.